The van der Waals surface area contributed by atoms with Gasteiger partial charge in [0.15, 0.2) is 11.9 Å². The fourth-order valence-corrected chi connectivity index (χ4v) is 2.98. The number of fused-ring (bicyclic) bond motifs is 1. The molecule has 0 radical (unpaired) electrons. The van der Waals surface area contributed by atoms with Gasteiger partial charge in [-0.15, -0.1) is 0 Å². The summed E-state index contributed by atoms with van der Waals surface area (Å²) in [7, 11) is 0. The van der Waals surface area contributed by atoms with Crippen molar-refractivity contribution < 1.29 is 13.9 Å². The second-order valence-electron chi connectivity index (χ2n) is 6.59. The first kappa shape index (κ1) is 17.9. The second-order valence-corrected chi connectivity index (χ2v) is 6.59. The van der Waals surface area contributed by atoms with Gasteiger partial charge in [0.05, 0.1) is 0 Å². The highest BCUT2D eigenvalue weighted by Gasteiger charge is 2.17. The van der Waals surface area contributed by atoms with Crippen LogP contribution in [-0.2, 0) is 11.2 Å². The minimum atomic E-state index is -0.545. The minimum Gasteiger partial charge on any atom is -0.483 e. The minimum absolute atomic E-state index is 0.0552. The summed E-state index contributed by atoms with van der Waals surface area (Å²) in [6.45, 7) is 6.97. The van der Waals surface area contributed by atoms with Gasteiger partial charge in [-0.05, 0) is 51.0 Å². The molecule has 0 spiro atoms. The summed E-state index contributed by atoms with van der Waals surface area (Å²) in [5, 5.41) is 0.885. The summed E-state index contributed by atoms with van der Waals surface area (Å²) in [4.78, 5) is 24.0. The van der Waals surface area contributed by atoms with Gasteiger partial charge in [0, 0.05) is 22.9 Å². The number of carbonyl (C=O) groups excluding carboxylic acids is 1. The standard InChI is InChI=1S/C22H22O4/c1-13-18-10-11-20(25-16(4)15(3)23)14(2)21(18)26-22(24)19(13)12-17-8-6-5-7-9-17/h5-11,16H,12H2,1-4H3/t16-/m1/s1. The molecule has 4 nitrogen and oxygen atoms in total. The lowest BCUT2D eigenvalue weighted by Crippen LogP contribution is -2.21. The average Bonchev–Trinajstić information content (AvgIpc) is 2.62. The van der Waals surface area contributed by atoms with Crippen molar-refractivity contribution >= 4 is 16.8 Å². The molecule has 26 heavy (non-hydrogen) atoms. The fraction of sp³-hybridized carbons (Fsp3) is 0.273. The molecule has 0 saturated heterocycles. The van der Waals surface area contributed by atoms with Crippen LogP contribution in [0.5, 0.6) is 5.75 Å². The first-order chi connectivity index (χ1) is 12.4. The maximum atomic E-state index is 12.6. The number of aryl methyl sites for hydroxylation is 2. The van der Waals surface area contributed by atoms with Gasteiger partial charge in [0.1, 0.15) is 11.3 Å². The number of hydrogen-bond acceptors (Lipinski definition) is 4. The molecule has 1 atom stereocenters. The molecule has 0 unspecified atom stereocenters. The smallest absolute Gasteiger partial charge is 0.340 e. The summed E-state index contributed by atoms with van der Waals surface area (Å²) < 4.78 is 11.3. The first-order valence-electron chi connectivity index (χ1n) is 8.65. The van der Waals surface area contributed by atoms with E-state index in [2.05, 4.69) is 0 Å². The van der Waals surface area contributed by atoms with Crippen LogP contribution < -0.4 is 10.4 Å². The van der Waals surface area contributed by atoms with Crippen LogP contribution in [0.15, 0.2) is 51.7 Å². The van der Waals surface area contributed by atoms with E-state index in [1.54, 1.807) is 6.92 Å². The molecule has 0 amide bonds. The van der Waals surface area contributed by atoms with Crippen LogP contribution in [0, 0.1) is 13.8 Å². The summed E-state index contributed by atoms with van der Waals surface area (Å²) in [6, 6.07) is 13.6. The van der Waals surface area contributed by atoms with Crippen LogP contribution in [0.3, 0.4) is 0 Å². The van der Waals surface area contributed by atoms with Crippen molar-refractivity contribution in [1.29, 1.82) is 0 Å². The van der Waals surface area contributed by atoms with Crippen molar-refractivity contribution in [3.63, 3.8) is 0 Å². The zero-order chi connectivity index (χ0) is 18.8. The number of Topliss-reactive ketones (excluding diaryl/α,β-unsaturated/α-hetero) is 1. The number of carbonyl (C=O) groups is 1. The van der Waals surface area contributed by atoms with Gasteiger partial charge in [-0.3, -0.25) is 4.79 Å². The molecule has 0 aliphatic heterocycles. The Morgan fingerprint density at radius 1 is 1.08 bits per heavy atom. The maximum Gasteiger partial charge on any atom is 0.340 e. The lowest BCUT2D eigenvalue weighted by molar-refractivity contribution is -0.122. The SMILES string of the molecule is CC(=O)[C@@H](C)Oc1ccc2c(C)c(Cc3ccccc3)c(=O)oc2c1C. The van der Waals surface area contributed by atoms with Crippen molar-refractivity contribution in [2.45, 2.75) is 40.2 Å². The molecule has 3 aromatic rings. The molecule has 0 bridgehead atoms. The normalized spacial score (nSPS) is 12.2. The molecule has 3 rings (SSSR count). The largest absolute Gasteiger partial charge is 0.483 e. The molecule has 0 aliphatic rings. The lowest BCUT2D eigenvalue weighted by Gasteiger charge is -2.16. The van der Waals surface area contributed by atoms with E-state index in [1.165, 1.54) is 6.92 Å². The molecule has 1 aromatic heterocycles. The molecule has 0 fully saturated rings. The third kappa shape index (κ3) is 3.40. The number of hydrogen-bond donors (Lipinski definition) is 0. The Bertz CT molecular complexity index is 1020. The molecular formula is C22H22O4. The maximum absolute atomic E-state index is 12.6. The van der Waals surface area contributed by atoms with E-state index in [-0.39, 0.29) is 11.4 Å². The van der Waals surface area contributed by atoms with E-state index < -0.39 is 6.10 Å². The van der Waals surface area contributed by atoms with Crippen LogP contribution in [0.1, 0.15) is 36.1 Å². The van der Waals surface area contributed by atoms with E-state index in [1.807, 2.05) is 56.3 Å². The first-order valence-corrected chi connectivity index (χ1v) is 8.65. The van der Waals surface area contributed by atoms with Gasteiger partial charge < -0.3 is 9.15 Å². The Balaban J connectivity index is 2.07. The van der Waals surface area contributed by atoms with Crippen molar-refractivity contribution in [2.24, 2.45) is 0 Å². The molecule has 4 heteroatoms. The van der Waals surface area contributed by atoms with Gasteiger partial charge in [0.25, 0.3) is 0 Å². The van der Waals surface area contributed by atoms with Crippen molar-refractivity contribution in [3.8, 4) is 5.75 Å². The summed E-state index contributed by atoms with van der Waals surface area (Å²) in [6.07, 6.45) is -0.0137. The van der Waals surface area contributed by atoms with Gasteiger partial charge in [-0.1, -0.05) is 30.3 Å². The lowest BCUT2D eigenvalue weighted by atomic mass is 9.98. The van der Waals surface area contributed by atoms with Gasteiger partial charge >= 0.3 is 5.63 Å². The van der Waals surface area contributed by atoms with Crippen LogP contribution in [-0.4, -0.2) is 11.9 Å². The Kier molecular flexibility index (Phi) is 4.94. The average molecular weight is 350 g/mol. The molecule has 0 saturated carbocycles. The summed E-state index contributed by atoms with van der Waals surface area (Å²) in [5.41, 5.74) is 3.54. The highest BCUT2D eigenvalue weighted by molar-refractivity contribution is 5.86. The molecule has 2 aromatic carbocycles. The highest BCUT2D eigenvalue weighted by Crippen LogP contribution is 2.30. The van der Waals surface area contributed by atoms with E-state index in [0.29, 0.717) is 23.3 Å². The Morgan fingerprint density at radius 3 is 2.42 bits per heavy atom. The van der Waals surface area contributed by atoms with Crippen molar-refractivity contribution in [3.05, 3.63) is 75.1 Å². The van der Waals surface area contributed by atoms with E-state index >= 15 is 0 Å². The zero-order valence-electron chi connectivity index (χ0n) is 15.5. The van der Waals surface area contributed by atoms with Crippen LogP contribution in [0.4, 0.5) is 0 Å². The number of ketones is 1. The van der Waals surface area contributed by atoms with Crippen molar-refractivity contribution in [2.75, 3.05) is 0 Å². The van der Waals surface area contributed by atoms with E-state index in [0.717, 1.165) is 22.1 Å². The topological polar surface area (TPSA) is 56.5 Å². The number of rotatable bonds is 5. The molecule has 134 valence electrons. The molecule has 1 heterocycles. The van der Waals surface area contributed by atoms with E-state index in [9.17, 15) is 9.59 Å². The van der Waals surface area contributed by atoms with Crippen molar-refractivity contribution in [1.82, 2.24) is 0 Å². The Hall–Kier alpha value is -2.88. The zero-order valence-corrected chi connectivity index (χ0v) is 15.5. The Morgan fingerprint density at radius 2 is 1.77 bits per heavy atom. The van der Waals surface area contributed by atoms with Gasteiger partial charge in [-0.2, -0.15) is 0 Å². The molecular weight excluding hydrogens is 328 g/mol. The number of ether oxygens (including phenoxy) is 1. The Labute approximate surface area is 152 Å². The molecule has 0 N–H and O–H groups in total. The second kappa shape index (κ2) is 7.16. The van der Waals surface area contributed by atoms with Crippen LogP contribution in [0.2, 0.25) is 0 Å². The van der Waals surface area contributed by atoms with Gasteiger partial charge in [0.2, 0.25) is 0 Å². The van der Waals surface area contributed by atoms with Crippen LogP contribution in [0.25, 0.3) is 11.0 Å². The third-order valence-corrected chi connectivity index (χ3v) is 4.75. The quantitative estimate of drug-likeness (QED) is 0.642. The van der Waals surface area contributed by atoms with Crippen LogP contribution >= 0.6 is 0 Å². The monoisotopic (exact) mass is 350 g/mol. The van der Waals surface area contributed by atoms with E-state index in [4.69, 9.17) is 9.15 Å². The number of benzene rings is 2. The van der Waals surface area contributed by atoms with Gasteiger partial charge in [-0.25, -0.2) is 4.79 Å². The molecule has 0 aliphatic carbocycles. The summed E-state index contributed by atoms with van der Waals surface area (Å²) in [5.74, 6) is 0.499. The fourth-order valence-electron chi connectivity index (χ4n) is 2.98. The predicted molar refractivity (Wildman–Crippen MR) is 102 cm³/mol. The summed E-state index contributed by atoms with van der Waals surface area (Å²) >= 11 is 0. The third-order valence-electron chi connectivity index (χ3n) is 4.75. The highest BCUT2D eigenvalue weighted by atomic mass is 16.5. The predicted octanol–water partition coefficient (Wildman–Crippen LogP) is 4.36.